The normalized spacial score (nSPS) is 11.1. The largest absolute Gasteiger partial charge is 0.458 e. The number of ether oxygens (including phenoxy) is 1. The summed E-state index contributed by atoms with van der Waals surface area (Å²) in [5.41, 5.74) is 0. The van der Waals surface area contributed by atoms with Gasteiger partial charge in [0.2, 0.25) is 0 Å². The van der Waals surface area contributed by atoms with Gasteiger partial charge in [-0.3, -0.25) is 9.59 Å². The number of unbranched alkanes of at least 4 members (excludes halogenated alkanes) is 1. The molecular weight excluding hydrogens is 220 g/mol. The van der Waals surface area contributed by atoms with Crippen molar-refractivity contribution in [3.05, 3.63) is 0 Å². The Balaban J connectivity index is 3.99. The van der Waals surface area contributed by atoms with Crippen molar-refractivity contribution in [3.63, 3.8) is 0 Å². The zero-order chi connectivity index (χ0) is 11.9. The molecule has 0 saturated carbocycles. The summed E-state index contributed by atoms with van der Waals surface area (Å²) in [4.78, 5) is 21.4. The third-order valence-electron chi connectivity index (χ3n) is 1.63. The summed E-state index contributed by atoms with van der Waals surface area (Å²) in [5.74, 6) is -1.70. The van der Waals surface area contributed by atoms with Crippen LogP contribution in [-0.2, 0) is 24.2 Å². The highest BCUT2D eigenvalue weighted by Crippen LogP contribution is 1.98. The molecule has 0 aromatic heterocycles. The third-order valence-corrected chi connectivity index (χ3v) is 3.30. The molecule has 0 bridgehead atoms. The number of carbonyl (C=O) groups is 2. The molecule has 0 unspecified atom stereocenters. The van der Waals surface area contributed by atoms with E-state index in [0.717, 1.165) is 6.42 Å². The number of Topliss-reactive ketones (excluding diaryl/α,β-unsaturated/α-hetero) is 1. The van der Waals surface area contributed by atoms with Crippen molar-refractivity contribution in [2.75, 3.05) is 18.1 Å². The molecule has 15 heavy (non-hydrogen) atoms. The van der Waals surface area contributed by atoms with Crippen LogP contribution < -0.4 is 0 Å². The number of ketones is 1. The molecule has 0 aromatic rings. The maximum absolute atomic E-state index is 11.3. The van der Waals surface area contributed by atoms with Crippen LogP contribution in [0.5, 0.6) is 0 Å². The molecule has 0 fully saturated rings. The van der Waals surface area contributed by atoms with Crippen molar-refractivity contribution >= 4 is 21.6 Å². The Morgan fingerprint density at radius 1 is 1.27 bits per heavy atom. The van der Waals surface area contributed by atoms with Crippen LogP contribution in [0.3, 0.4) is 0 Å². The summed E-state index contributed by atoms with van der Waals surface area (Å²) in [6.45, 7) is 2.58. The van der Waals surface area contributed by atoms with Gasteiger partial charge in [0.25, 0.3) is 0 Å². The lowest BCUT2D eigenvalue weighted by atomic mass is 10.4. The number of esters is 1. The molecule has 0 radical (unpaired) electrons. The molecule has 0 rings (SSSR count). The summed E-state index contributed by atoms with van der Waals surface area (Å²) in [6.07, 6.45) is 1.31. The number of carbonyl (C=O) groups excluding carboxylic acids is 2. The van der Waals surface area contributed by atoms with Gasteiger partial charge in [-0.2, -0.15) is 0 Å². The third kappa shape index (κ3) is 8.11. The molecule has 0 amide bonds. The lowest BCUT2D eigenvalue weighted by Crippen LogP contribution is -2.23. The van der Waals surface area contributed by atoms with Crippen LogP contribution in [0.15, 0.2) is 0 Å². The summed E-state index contributed by atoms with van der Waals surface area (Å²) in [7, 11) is -3.33. The van der Waals surface area contributed by atoms with E-state index in [0.29, 0.717) is 6.42 Å². The summed E-state index contributed by atoms with van der Waals surface area (Å²) in [5, 5.41) is 0. The number of rotatable bonds is 7. The van der Waals surface area contributed by atoms with Crippen LogP contribution in [0.4, 0.5) is 0 Å². The molecule has 0 saturated heterocycles. The molecule has 0 atom stereocenters. The van der Waals surface area contributed by atoms with E-state index in [1.807, 2.05) is 6.92 Å². The van der Waals surface area contributed by atoms with E-state index in [4.69, 9.17) is 0 Å². The van der Waals surface area contributed by atoms with E-state index in [-0.39, 0.29) is 5.75 Å². The molecule has 6 heteroatoms. The first-order chi connectivity index (χ1) is 6.87. The monoisotopic (exact) mass is 236 g/mol. The minimum Gasteiger partial charge on any atom is -0.458 e. The highest BCUT2D eigenvalue weighted by molar-refractivity contribution is 7.92. The molecule has 0 aliphatic heterocycles. The molecule has 0 aliphatic rings. The van der Waals surface area contributed by atoms with Crippen LogP contribution in [0.1, 0.15) is 26.7 Å². The Hall–Kier alpha value is -0.910. The van der Waals surface area contributed by atoms with E-state index in [2.05, 4.69) is 4.74 Å². The van der Waals surface area contributed by atoms with Crippen LogP contribution in [0.2, 0.25) is 0 Å². The zero-order valence-electron chi connectivity index (χ0n) is 8.99. The van der Waals surface area contributed by atoms with Gasteiger partial charge < -0.3 is 4.74 Å². The van der Waals surface area contributed by atoms with Crippen molar-refractivity contribution in [2.24, 2.45) is 0 Å². The fourth-order valence-electron chi connectivity index (χ4n) is 0.905. The first-order valence-corrected chi connectivity index (χ1v) is 6.55. The van der Waals surface area contributed by atoms with Gasteiger partial charge in [0.15, 0.2) is 22.2 Å². The van der Waals surface area contributed by atoms with Gasteiger partial charge in [0.1, 0.15) is 5.75 Å². The quantitative estimate of drug-likeness (QED) is 0.595. The molecule has 0 aliphatic carbocycles. The van der Waals surface area contributed by atoms with Gasteiger partial charge in [-0.15, -0.1) is 0 Å². The first-order valence-electron chi connectivity index (χ1n) is 4.73. The van der Waals surface area contributed by atoms with Gasteiger partial charge >= 0.3 is 5.97 Å². The molecular formula is C9H16O5S. The van der Waals surface area contributed by atoms with Crippen molar-refractivity contribution in [1.29, 1.82) is 0 Å². The Morgan fingerprint density at radius 3 is 2.33 bits per heavy atom. The van der Waals surface area contributed by atoms with Crippen LogP contribution in [0.25, 0.3) is 0 Å². The van der Waals surface area contributed by atoms with Gasteiger partial charge in [0, 0.05) is 6.92 Å². The zero-order valence-corrected chi connectivity index (χ0v) is 9.80. The second-order valence-corrected chi connectivity index (χ2v) is 5.45. The molecule has 88 valence electrons. The average molecular weight is 236 g/mol. The van der Waals surface area contributed by atoms with Crippen LogP contribution in [0, 0.1) is 0 Å². The standard InChI is InChI=1S/C9H16O5S/c1-3-4-5-15(12,13)7-9(11)6-14-8(2)10/h3-7H2,1-2H3. The highest BCUT2D eigenvalue weighted by atomic mass is 32.2. The van der Waals surface area contributed by atoms with Crippen molar-refractivity contribution in [1.82, 2.24) is 0 Å². The molecule has 5 nitrogen and oxygen atoms in total. The van der Waals surface area contributed by atoms with Crippen molar-refractivity contribution in [2.45, 2.75) is 26.7 Å². The Bertz CT molecular complexity index is 317. The van der Waals surface area contributed by atoms with E-state index < -0.39 is 33.9 Å². The lowest BCUT2D eigenvalue weighted by molar-refractivity contribution is -0.145. The van der Waals surface area contributed by atoms with Gasteiger partial charge in [-0.05, 0) is 6.42 Å². The number of hydrogen-bond donors (Lipinski definition) is 0. The molecule has 0 aromatic carbocycles. The van der Waals surface area contributed by atoms with Crippen LogP contribution in [-0.4, -0.2) is 38.3 Å². The number of hydrogen-bond acceptors (Lipinski definition) is 5. The topological polar surface area (TPSA) is 77.5 Å². The Morgan fingerprint density at radius 2 is 1.87 bits per heavy atom. The second-order valence-electron chi connectivity index (χ2n) is 3.26. The minimum absolute atomic E-state index is 0.00924. The van der Waals surface area contributed by atoms with Crippen molar-refractivity contribution < 1.29 is 22.7 Å². The number of sulfone groups is 1. The van der Waals surface area contributed by atoms with Gasteiger partial charge in [0.05, 0.1) is 5.75 Å². The highest BCUT2D eigenvalue weighted by Gasteiger charge is 2.16. The molecule has 0 heterocycles. The Labute approximate surface area is 89.7 Å². The molecule has 0 spiro atoms. The van der Waals surface area contributed by atoms with Gasteiger partial charge in [-0.1, -0.05) is 13.3 Å². The average Bonchev–Trinajstić information content (AvgIpc) is 2.11. The summed E-state index contributed by atoms with van der Waals surface area (Å²) < 4.78 is 27.0. The Kier molecular flexibility index (Phi) is 6.15. The fourth-order valence-corrected chi connectivity index (χ4v) is 2.35. The fraction of sp³-hybridized carbons (Fsp3) is 0.778. The SMILES string of the molecule is CCCCS(=O)(=O)CC(=O)COC(C)=O. The van der Waals surface area contributed by atoms with Crippen molar-refractivity contribution in [3.8, 4) is 0 Å². The lowest BCUT2D eigenvalue weighted by Gasteiger charge is -2.03. The summed E-state index contributed by atoms with van der Waals surface area (Å²) >= 11 is 0. The predicted molar refractivity (Wildman–Crippen MR) is 55.2 cm³/mol. The van der Waals surface area contributed by atoms with Crippen LogP contribution >= 0.6 is 0 Å². The maximum Gasteiger partial charge on any atom is 0.303 e. The predicted octanol–water partition coefficient (Wildman–Crippen LogP) is 0.333. The maximum atomic E-state index is 11.3. The van der Waals surface area contributed by atoms with Gasteiger partial charge in [-0.25, -0.2) is 8.42 Å². The van der Waals surface area contributed by atoms with E-state index >= 15 is 0 Å². The minimum atomic E-state index is -3.33. The summed E-state index contributed by atoms with van der Waals surface area (Å²) in [6, 6.07) is 0. The van der Waals surface area contributed by atoms with E-state index in [1.54, 1.807) is 0 Å². The molecule has 0 N–H and O–H groups in total. The first kappa shape index (κ1) is 14.1. The van der Waals surface area contributed by atoms with E-state index in [1.165, 1.54) is 6.92 Å². The smallest absolute Gasteiger partial charge is 0.303 e. The second kappa shape index (κ2) is 6.55. The van der Waals surface area contributed by atoms with E-state index in [9.17, 15) is 18.0 Å².